The molecule has 1 aliphatic rings. The van der Waals surface area contributed by atoms with Crippen molar-refractivity contribution >= 4 is 21.5 Å². The van der Waals surface area contributed by atoms with Crippen LogP contribution in [0.2, 0.25) is 0 Å². The van der Waals surface area contributed by atoms with Crippen LogP contribution in [0.15, 0.2) is 17.1 Å². The van der Waals surface area contributed by atoms with E-state index in [9.17, 15) is 33.9 Å². The van der Waals surface area contributed by atoms with E-state index in [1.807, 2.05) is 0 Å². The summed E-state index contributed by atoms with van der Waals surface area (Å²) in [4.78, 5) is 38.2. The van der Waals surface area contributed by atoms with Crippen LogP contribution in [0.4, 0.5) is 5.82 Å². The maximum absolute atomic E-state index is 11.8. The van der Waals surface area contributed by atoms with Gasteiger partial charge in [0, 0.05) is 12.7 Å². The molecule has 3 unspecified atom stereocenters. The molecule has 160 valence electrons. The Labute approximate surface area is 214 Å². The predicted octanol–water partition coefficient (Wildman–Crippen LogP) is -9.60. The van der Waals surface area contributed by atoms with E-state index in [4.69, 9.17) is 16.2 Å². The maximum atomic E-state index is 11.8. The van der Waals surface area contributed by atoms with Crippen molar-refractivity contribution in [2.45, 2.75) is 24.5 Å². The molecule has 0 aromatic carbocycles. The van der Waals surface area contributed by atoms with Crippen LogP contribution < -0.4 is 86.1 Å². The average Bonchev–Trinajstić information content (AvgIpc) is 2.86. The van der Waals surface area contributed by atoms with Crippen molar-refractivity contribution in [1.29, 1.82) is 0 Å². The number of aliphatic hydroxyl groups excluding tert-OH is 2. The van der Waals surface area contributed by atoms with E-state index in [1.54, 1.807) is 0 Å². The summed E-state index contributed by atoms with van der Waals surface area (Å²) in [5, 5.41) is 20.0. The smallest absolute Gasteiger partial charge is 0.756 e. The van der Waals surface area contributed by atoms with Gasteiger partial charge in [-0.05, 0) is 6.07 Å². The number of nitrogen functional groups attached to an aromatic ring is 1. The standard InChI is InChI=1S/C11H20N4O11P2.2Na/c12-2-4-23-27(19,20)26-28(21,22)24-5-6-8(16)9(17)10(25-6)15-3-1-7(13)14-11(15)18;;/h1,3,6,8-10,16-17H,2,4-5,12H2,(H,19,20)(H,21,22)(H2,13,14,18);;/q;2*+1/p-2/t6-,8+,9?,10-;;/m1../s1. The minimum absolute atomic E-state index is 0. The first-order valence-electron chi connectivity index (χ1n) is 7.64. The summed E-state index contributed by atoms with van der Waals surface area (Å²) in [7, 11) is -10.7. The van der Waals surface area contributed by atoms with Gasteiger partial charge in [0.15, 0.2) is 6.23 Å². The second-order valence-corrected chi connectivity index (χ2v) is 8.44. The van der Waals surface area contributed by atoms with Crippen molar-refractivity contribution in [2.24, 2.45) is 5.73 Å². The molecule has 1 saturated heterocycles. The molecule has 0 amide bonds. The van der Waals surface area contributed by atoms with Gasteiger partial charge >= 0.3 is 64.8 Å². The van der Waals surface area contributed by atoms with Gasteiger partial charge in [-0.15, -0.1) is 0 Å². The van der Waals surface area contributed by atoms with Crippen molar-refractivity contribution in [3.8, 4) is 0 Å². The van der Waals surface area contributed by atoms with Crippen molar-refractivity contribution in [1.82, 2.24) is 9.55 Å². The third kappa shape index (κ3) is 8.61. The first-order chi connectivity index (χ1) is 13.0. The normalized spacial score (nSPS) is 27.4. The number of nitrogens with two attached hydrogens (primary N) is 2. The number of rotatable bonds is 9. The van der Waals surface area contributed by atoms with Gasteiger partial charge in [-0.3, -0.25) is 13.7 Å². The molecule has 1 aromatic heterocycles. The number of phosphoric acid groups is 2. The number of ether oxygens (including phenoxy) is 1. The van der Waals surface area contributed by atoms with Crippen LogP contribution >= 0.6 is 15.6 Å². The van der Waals surface area contributed by atoms with Gasteiger partial charge in [0.05, 0.1) is 13.2 Å². The van der Waals surface area contributed by atoms with E-state index in [1.165, 1.54) is 6.07 Å². The largest absolute Gasteiger partial charge is 1.00 e. The number of aromatic nitrogens is 2. The molecule has 0 aliphatic carbocycles. The second-order valence-electron chi connectivity index (χ2n) is 5.48. The van der Waals surface area contributed by atoms with E-state index in [-0.39, 0.29) is 71.5 Å². The van der Waals surface area contributed by atoms with E-state index >= 15 is 0 Å². The molecule has 15 nitrogen and oxygen atoms in total. The van der Waals surface area contributed by atoms with Gasteiger partial charge < -0.3 is 45.3 Å². The average molecular weight is 490 g/mol. The summed E-state index contributed by atoms with van der Waals surface area (Å²) in [6, 6.07) is 1.24. The van der Waals surface area contributed by atoms with Crippen molar-refractivity contribution in [3.63, 3.8) is 0 Å². The number of phosphoric ester groups is 2. The Morgan fingerprint density at radius 2 is 1.80 bits per heavy atom. The van der Waals surface area contributed by atoms with Gasteiger partial charge in [0.25, 0.3) is 15.6 Å². The fourth-order valence-corrected chi connectivity index (χ4v) is 4.23. The minimum Gasteiger partial charge on any atom is -0.756 e. The van der Waals surface area contributed by atoms with Gasteiger partial charge in [-0.25, -0.2) is 9.11 Å². The summed E-state index contributed by atoms with van der Waals surface area (Å²) >= 11 is 0. The zero-order valence-corrected chi connectivity index (χ0v) is 21.9. The summed E-state index contributed by atoms with van der Waals surface area (Å²) < 4.78 is 41.3. The molecule has 0 radical (unpaired) electrons. The van der Waals surface area contributed by atoms with E-state index < -0.39 is 59.1 Å². The Kier molecular flexibility index (Phi) is 13.2. The van der Waals surface area contributed by atoms with Crippen LogP contribution in [0.3, 0.4) is 0 Å². The number of anilines is 1. The second kappa shape index (κ2) is 12.9. The molecule has 1 aromatic rings. The number of nitrogens with zero attached hydrogens (tertiary/aromatic N) is 2. The molecule has 6 atom stereocenters. The van der Waals surface area contributed by atoms with Gasteiger partial charge in [0.1, 0.15) is 24.1 Å². The topological polar surface area (TPSA) is 245 Å². The summed E-state index contributed by atoms with van der Waals surface area (Å²) in [6.07, 6.45) is -5.05. The van der Waals surface area contributed by atoms with Gasteiger partial charge in [0.2, 0.25) is 0 Å². The molecule has 2 heterocycles. The molecular weight excluding hydrogens is 472 g/mol. The molecule has 2 rings (SSSR count). The molecule has 0 bridgehead atoms. The minimum atomic E-state index is -5.42. The van der Waals surface area contributed by atoms with E-state index in [2.05, 4.69) is 18.3 Å². The fourth-order valence-electron chi connectivity index (χ4n) is 2.22. The number of hydrogen-bond donors (Lipinski definition) is 4. The van der Waals surface area contributed by atoms with Crippen LogP contribution in [0.1, 0.15) is 6.23 Å². The molecule has 1 aliphatic heterocycles. The quantitative estimate of drug-likeness (QED) is 0.186. The van der Waals surface area contributed by atoms with E-state index in [0.717, 1.165) is 10.8 Å². The molecule has 0 saturated carbocycles. The van der Waals surface area contributed by atoms with Crippen LogP contribution in [0.25, 0.3) is 0 Å². The Morgan fingerprint density at radius 3 is 2.37 bits per heavy atom. The monoisotopic (exact) mass is 490 g/mol. The molecule has 0 spiro atoms. The van der Waals surface area contributed by atoms with E-state index in [0.29, 0.717) is 0 Å². The molecule has 19 heteroatoms. The van der Waals surface area contributed by atoms with Gasteiger partial charge in [-0.2, -0.15) is 4.98 Å². The van der Waals surface area contributed by atoms with Crippen LogP contribution in [-0.4, -0.2) is 57.8 Å². The summed E-state index contributed by atoms with van der Waals surface area (Å²) in [6.45, 7) is -1.65. The van der Waals surface area contributed by atoms with Gasteiger partial charge in [-0.1, -0.05) is 0 Å². The summed E-state index contributed by atoms with van der Waals surface area (Å²) in [5.41, 5.74) is 9.49. The van der Waals surface area contributed by atoms with Crippen LogP contribution in [-0.2, 0) is 27.2 Å². The predicted molar refractivity (Wildman–Crippen MR) is 86.1 cm³/mol. The molecule has 1 fully saturated rings. The fraction of sp³-hybridized carbons (Fsp3) is 0.636. The Hall–Kier alpha value is 0.780. The third-order valence-corrected chi connectivity index (χ3v) is 5.99. The first kappa shape index (κ1) is 30.8. The van der Waals surface area contributed by atoms with Crippen molar-refractivity contribution < 1.29 is 106 Å². The summed E-state index contributed by atoms with van der Waals surface area (Å²) in [5.74, 6) is -0.0856. The Morgan fingerprint density at radius 1 is 1.20 bits per heavy atom. The third-order valence-electron chi connectivity index (χ3n) is 3.43. The van der Waals surface area contributed by atoms with Crippen molar-refractivity contribution in [3.05, 3.63) is 22.7 Å². The molecular formula is C11H18N4Na2O11P2. The SMILES string of the molecule is NCCOP(=O)([O-])OP(=O)([O-])OC[C@H]1O[C@@H](n2ccc(N)nc2=O)C(O)[C@H]1O.[Na+].[Na+]. The Bertz CT molecular complexity index is 846. The maximum Gasteiger partial charge on any atom is 1.00 e. The first-order valence-corrected chi connectivity index (χ1v) is 10.6. The number of aliphatic hydroxyl groups is 2. The molecule has 30 heavy (non-hydrogen) atoms. The van der Waals surface area contributed by atoms with Crippen LogP contribution in [0, 0.1) is 0 Å². The molecule has 6 N–H and O–H groups in total. The Balaban J connectivity index is 0.00000420. The van der Waals surface area contributed by atoms with Crippen molar-refractivity contribution in [2.75, 3.05) is 25.5 Å². The zero-order valence-electron chi connectivity index (χ0n) is 16.1. The van der Waals surface area contributed by atoms with Crippen LogP contribution in [0.5, 0.6) is 0 Å². The number of hydrogen-bond acceptors (Lipinski definition) is 14. The zero-order chi connectivity index (χ0) is 21.1.